The first-order valence-electron chi connectivity index (χ1n) is 6.40. The molecule has 0 aliphatic heterocycles. The number of fused-ring (bicyclic) bond motifs is 1. The van der Waals surface area contributed by atoms with Crippen molar-refractivity contribution in [2.24, 2.45) is 0 Å². The second-order valence-electron chi connectivity index (χ2n) is 4.69. The molecule has 1 aromatic heterocycles. The zero-order valence-corrected chi connectivity index (χ0v) is 11.1. The lowest BCUT2D eigenvalue weighted by atomic mass is 10.1. The van der Waals surface area contributed by atoms with E-state index in [0.29, 0.717) is 17.7 Å². The van der Waals surface area contributed by atoms with E-state index in [2.05, 4.69) is 10.3 Å². The van der Waals surface area contributed by atoms with Crippen LogP contribution in [0.15, 0.2) is 53.3 Å². The van der Waals surface area contributed by atoms with E-state index in [1.807, 2.05) is 43.3 Å². The van der Waals surface area contributed by atoms with Gasteiger partial charge in [-0.3, -0.25) is 4.79 Å². The van der Waals surface area contributed by atoms with Gasteiger partial charge < -0.3 is 9.73 Å². The fraction of sp³-hybridized carbons (Fsp3) is 0.125. The first-order valence-corrected chi connectivity index (χ1v) is 6.40. The lowest BCUT2D eigenvalue weighted by Crippen LogP contribution is -2.14. The predicted octanol–water partition coefficient (Wildman–Crippen LogP) is 3.32. The number of carbonyl (C=O) groups excluding carboxylic acids is 1. The maximum atomic E-state index is 12.1. The highest BCUT2D eigenvalue weighted by atomic mass is 16.3. The Hall–Kier alpha value is -2.62. The number of hydrogen-bond acceptors (Lipinski definition) is 3. The molecular formula is C16H14N2O2. The molecule has 1 amide bonds. The number of carbonyl (C=O) groups is 1. The van der Waals surface area contributed by atoms with Gasteiger partial charge in [0.05, 0.1) is 6.42 Å². The Balaban J connectivity index is 1.74. The van der Waals surface area contributed by atoms with Gasteiger partial charge in [0.15, 0.2) is 12.0 Å². The van der Waals surface area contributed by atoms with Crippen molar-refractivity contribution in [2.75, 3.05) is 5.32 Å². The van der Waals surface area contributed by atoms with Crippen LogP contribution in [-0.2, 0) is 11.2 Å². The Morgan fingerprint density at radius 2 is 2.10 bits per heavy atom. The van der Waals surface area contributed by atoms with Gasteiger partial charge in [-0.2, -0.15) is 0 Å². The van der Waals surface area contributed by atoms with E-state index in [4.69, 9.17) is 4.42 Å². The maximum absolute atomic E-state index is 12.1. The quantitative estimate of drug-likeness (QED) is 0.791. The van der Waals surface area contributed by atoms with Crippen molar-refractivity contribution in [1.29, 1.82) is 0 Å². The number of hydrogen-bond donors (Lipinski definition) is 1. The minimum absolute atomic E-state index is 0.0434. The largest absolute Gasteiger partial charge is 0.443 e. The van der Waals surface area contributed by atoms with E-state index in [0.717, 1.165) is 16.6 Å². The van der Waals surface area contributed by atoms with E-state index in [-0.39, 0.29) is 5.91 Å². The summed E-state index contributed by atoms with van der Waals surface area (Å²) in [5.74, 6) is -0.0434. The molecule has 3 aromatic rings. The number of aromatic nitrogens is 1. The van der Waals surface area contributed by atoms with Gasteiger partial charge in [0, 0.05) is 11.8 Å². The molecule has 20 heavy (non-hydrogen) atoms. The second kappa shape index (κ2) is 5.17. The molecule has 4 heteroatoms. The monoisotopic (exact) mass is 266 g/mol. The summed E-state index contributed by atoms with van der Waals surface area (Å²) in [7, 11) is 0. The van der Waals surface area contributed by atoms with E-state index in [9.17, 15) is 4.79 Å². The highest BCUT2D eigenvalue weighted by Crippen LogP contribution is 2.18. The van der Waals surface area contributed by atoms with Crippen LogP contribution in [0.5, 0.6) is 0 Å². The van der Waals surface area contributed by atoms with E-state index in [1.165, 1.54) is 6.39 Å². The van der Waals surface area contributed by atoms with Crippen molar-refractivity contribution in [3.05, 3.63) is 60.0 Å². The van der Waals surface area contributed by atoms with Crippen LogP contribution >= 0.6 is 0 Å². The molecule has 0 unspecified atom stereocenters. The van der Waals surface area contributed by atoms with Gasteiger partial charge in [-0.1, -0.05) is 24.3 Å². The van der Waals surface area contributed by atoms with Crippen molar-refractivity contribution in [3.63, 3.8) is 0 Å². The molecule has 0 spiro atoms. The first-order chi connectivity index (χ1) is 9.72. The summed E-state index contributed by atoms with van der Waals surface area (Å²) in [6.45, 7) is 2.00. The third-order valence-corrected chi connectivity index (χ3v) is 3.23. The van der Waals surface area contributed by atoms with Crippen LogP contribution in [0.25, 0.3) is 11.1 Å². The molecule has 0 saturated heterocycles. The van der Waals surface area contributed by atoms with E-state index >= 15 is 0 Å². The minimum atomic E-state index is -0.0434. The summed E-state index contributed by atoms with van der Waals surface area (Å²) < 4.78 is 5.22. The number of rotatable bonds is 3. The number of aryl methyl sites for hydroxylation is 1. The van der Waals surface area contributed by atoms with Gasteiger partial charge in [-0.05, 0) is 30.2 Å². The SMILES string of the molecule is Cc1ccccc1CC(=O)Nc1ccc2ncoc2c1. The van der Waals surface area contributed by atoms with E-state index < -0.39 is 0 Å². The van der Waals surface area contributed by atoms with Gasteiger partial charge in [-0.25, -0.2) is 4.98 Å². The highest BCUT2D eigenvalue weighted by molar-refractivity contribution is 5.94. The first kappa shape index (κ1) is 12.4. The summed E-state index contributed by atoms with van der Waals surface area (Å²) in [6, 6.07) is 13.3. The average molecular weight is 266 g/mol. The molecule has 0 saturated carbocycles. The van der Waals surface area contributed by atoms with Gasteiger partial charge in [0.2, 0.25) is 5.91 Å². The number of oxazole rings is 1. The van der Waals surface area contributed by atoms with Crippen molar-refractivity contribution in [3.8, 4) is 0 Å². The van der Waals surface area contributed by atoms with E-state index in [1.54, 1.807) is 6.07 Å². The number of nitrogens with one attached hydrogen (secondary N) is 1. The fourth-order valence-corrected chi connectivity index (χ4v) is 2.12. The predicted molar refractivity (Wildman–Crippen MR) is 77.5 cm³/mol. The van der Waals surface area contributed by atoms with Crippen LogP contribution in [0, 0.1) is 6.92 Å². The number of nitrogens with zero attached hydrogens (tertiary/aromatic N) is 1. The molecule has 0 bridgehead atoms. The summed E-state index contributed by atoms with van der Waals surface area (Å²) in [6.07, 6.45) is 1.75. The Morgan fingerprint density at radius 3 is 2.95 bits per heavy atom. The van der Waals surface area contributed by atoms with Crippen LogP contribution in [0.3, 0.4) is 0 Å². The molecule has 0 radical (unpaired) electrons. The standard InChI is InChI=1S/C16H14N2O2/c1-11-4-2-3-5-12(11)8-16(19)18-13-6-7-14-15(9-13)20-10-17-14/h2-7,9-10H,8H2,1H3,(H,18,19). The Labute approximate surface area is 116 Å². The Kier molecular flexibility index (Phi) is 3.21. The van der Waals surface area contributed by atoms with Crippen LogP contribution in [-0.4, -0.2) is 10.9 Å². The second-order valence-corrected chi connectivity index (χ2v) is 4.69. The molecule has 0 atom stereocenters. The minimum Gasteiger partial charge on any atom is -0.443 e. The topological polar surface area (TPSA) is 55.1 Å². The fourth-order valence-electron chi connectivity index (χ4n) is 2.12. The van der Waals surface area contributed by atoms with Crippen LogP contribution in [0.1, 0.15) is 11.1 Å². The van der Waals surface area contributed by atoms with Gasteiger partial charge in [0.1, 0.15) is 5.52 Å². The number of benzene rings is 2. The van der Waals surface area contributed by atoms with Crippen molar-refractivity contribution in [1.82, 2.24) is 4.98 Å². The third-order valence-electron chi connectivity index (χ3n) is 3.23. The summed E-state index contributed by atoms with van der Waals surface area (Å²) in [4.78, 5) is 16.1. The van der Waals surface area contributed by atoms with Crippen molar-refractivity contribution < 1.29 is 9.21 Å². The lowest BCUT2D eigenvalue weighted by Gasteiger charge is -2.07. The Bertz CT molecular complexity index is 762. The molecule has 0 aliphatic carbocycles. The molecule has 1 N–H and O–H groups in total. The molecule has 4 nitrogen and oxygen atoms in total. The summed E-state index contributed by atoms with van der Waals surface area (Å²) >= 11 is 0. The van der Waals surface area contributed by atoms with Gasteiger partial charge in [0.25, 0.3) is 0 Å². The molecule has 1 heterocycles. The van der Waals surface area contributed by atoms with Gasteiger partial charge in [-0.15, -0.1) is 0 Å². The molecule has 100 valence electrons. The average Bonchev–Trinajstić information content (AvgIpc) is 2.89. The van der Waals surface area contributed by atoms with Crippen LogP contribution < -0.4 is 5.32 Å². The smallest absolute Gasteiger partial charge is 0.228 e. The molecule has 2 aromatic carbocycles. The number of anilines is 1. The van der Waals surface area contributed by atoms with Gasteiger partial charge >= 0.3 is 0 Å². The zero-order valence-electron chi connectivity index (χ0n) is 11.1. The van der Waals surface area contributed by atoms with Crippen molar-refractivity contribution in [2.45, 2.75) is 13.3 Å². The molecule has 3 rings (SSSR count). The summed E-state index contributed by atoms with van der Waals surface area (Å²) in [5.41, 5.74) is 4.31. The summed E-state index contributed by atoms with van der Waals surface area (Å²) in [5, 5.41) is 2.87. The van der Waals surface area contributed by atoms with Crippen LogP contribution in [0.4, 0.5) is 5.69 Å². The zero-order chi connectivity index (χ0) is 13.9. The van der Waals surface area contributed by atoms with Crippen molar-refractivity contribution >= 4 is 22.7 Å². The highest BCUT2D eigenvalue weighted by Gasteiger charge is 2.07. The molecular weight excluding hydrogens is 252 g/mol. The number of amides is 1. The lowest BCUT2D eigenvalue weighted by molar-refractivity contribution is -0.115. The maximum Gasteiger partial charge on any atom is 0.228 e. The van der Waals surface area contributed by atoms with Crippen LogP contribution in [0.2, 0.25) is 0 Å². The Morgan fingerprint density at radius 1 is 1.25 bits per heavy atom. The normalized spacial score (nSPS) is 10.7. The third kappa shape index (κ3) is 2.54. The molecule has 0 aliphatic rings. The molecule has 0 fully saturated rings.